The Hall–Kier alpha value is -1.88. The summed E-state index contributed by atoms with van der Waals surface area (Å²) < 4.78 is 14.2. The number of hydrogen-bond acceptors (Lipinski definition) is 2. The SMILES string of the molecule is CNc1ccc(C(=O)Nc2c(F)cccc2Br)c(C)c1. The minimum absolute atomic E-state index is 0.148. The van der Waals surface area contributed by atoms with E-state index in [4.69, 9.17) is 0 Å². The molecule has 2 rings (SSSR count). The van der Waals surface area contributed by atoms with Gasteiger partial charge in [0, 0.05) is 22.8 Å². The van der Waals surface area contributed by atoms with E-state index in [1.807, 2.05) is 20.0 Å². The van der Waals surface area contributed by atoms with Crippen LogP contribution < -0.4 is 10.6 Å². The lowest BCUT2D eigenvalue weighted by Gasteiger charge is -2.11. The molecule has 2 N–H and O–H groups in total. The highest BCUT2D eigenvalue weighted by atomic mass is 79.9. The van der Waals surface area contributed by atoms with Crippen LogP contribution >= 0.6 is 15.9 Å². The molecule has 0 aliphatic heterocycles. The Morgan fingerprint density at radius 1 is 1.25 bits per heavy atom. The highest BCUT2D eigenvalue weighted by Gasteiger charge is 2.14. The van der Waals surface area contributed by atoms with Gasteiger partial charge >= 0.3 is 0 Å². The molecule has 0 aliphatic carbocycles. The third kappa shape index (κ3) is 2.99. The van der Waals surface area contributed by atoms with Gasteiger partial charge in [0.1, 0.15) is 5.82 Å². The van der Waals surface area contributed by atoms with Crippen LogP contribution in [-0.4, -0.2) is 13.0 Å². The predicted molar refractivity (Wildman–Crippen MR) is 82.8 cm³/mol. The van der Waals surface area contributed by atoms with Crippen LogP contribution in [0.3, 0.4) is 0 Å². The van der Waals surface area contributed by atoms with Crippen LogP contribution in [0.15, 0.2) is 40.9 Å². The first-order valence-electron chi connectivity index (χ1n) is 6.06. The Morgan fingerprint density at radius 2 is 2.00 bits per heavy atom. The number of benzene rings is 2. The third-order valence-electron chi connectivity index (χ3n) is 2.96. The predicted octanol–water partition coefficient (Wildman–Crippen LogP) is 4.19. The van der Waals surface area contributed by atoms with Crippen molar-refractivity contribution in [2.45, 2.75) is 6.92 Å². The zero-order valence-corrected chi connectivity index (χ0v) is 12.7. The highest BCUT2D eigenvalue weighted by Crippen LogP contribution is 2.26. The molecule has 0 saturated carbocycles. The molecule has 0 spiro atoms. The molecule has 5 heteroatoms. The summed E-state index contributed by atoms with van der Waals surface area (Å²) in [6, 6.07) is 9.93. The van der Waals surface area contributed by atoms with Crippen LogP contribution in [0.5, 0.6) is 0 Å². The molecule has 104 valence electrons. The van der Waals surface area contributed by atoms with Crippen LogP contribution in [0, 0.1) is 12.7 Å². The van der Waals surface area contributed by atoms with E-state index >= 15 is 0 Å². The first-order valence-corrected chi connectivity index (χ1v) is 6.86. The van der Waals surface area contributed by atoms with Crippen LogP contribution in [0.4, 0.5) is 15.8 Å². The van der Waals surface area contributed by atoms with Gasteiger partial charge in [0.05, 0.1) is 5.69 Å². The van der Waals surface area contributed by atoms with Crippen molar-refractivity contribution in [3.05, 3.63) is 57.8 Å². The van der Waals surface area contributed by atoms with Crippen LogP contribution in [0.2, 0.25) is 0 Å². The lowest BCUT2D eigenvalue weighted by Crippen LogP contribution is -2.15. The van der Waals surface area contributed by atoms with Crippen molar-refractivity contribution in [3.63, 3.8) is 0 Å². The van der Waals surface area contributed by atoms with Crippen molar-refractivity contribution in [1.29, 1.82) is 0 Å². The van der Waals surface area contributed by atoms with E-state index < -0.39 is 5.82 Å². The molecule has 0 fully saturated rings. The molecule has 0 atom stereocenters. The quantitative estimate of drug-likeness (QED) is 0.882. The summed E-state index contributed by atoms with van der Waals surface area (Å²) in [7, 11) is 1.81. The van der Waals surface area contributed by atoms with Gasteiger partial charge in [-0.05, 0) is 58.7 Å². The molecule has 0 radical (unpaired) electrons. The molecule has 2 aromatic rings. The Labute approximate surface area is 125 Å². The first kappa shape index (κ1) is 14.5. The van der Waals surface area contributed by atoms with Gasteiger partial charge in [-0.2, -0.15) is 0 Å². The van der Waals surface area contributed by atoms with Gasteiger partial charge in [0.2, 0.25) is 0 Å². The van der Waals surface area contributed by atoms with Gasteiger partial charge in [0.15, 0.2) is 0 Å². The smallest absolute Gasteiger partial charge is 0.256 e. The van der Waals surface area contributed by atoms with Gasteiger partial charge in [0.25, 0.3) is 5.91 Å². The maximum atomic E-state index is 13.7. The molecule has 2 aromatic carbocycles. The molecule has 1 amide bonds. The number of aryl methyl sites for hydroxylation is 1. The Balaban J connectivity index is 2.29. The second-order valence-corrected chi connectivity index (χ2v) is 5.18. The molecule has 0 bridgehead atoms. The molecular weight excluding hydrogens is 323 g/mol. The fourth-order valence-corrected chi connectivity index (χ4v) is 2.31. The van der Waals surface area contributed by atoms with Gasteiger partial charge in [-0.15, -0.1) is 0 Å². The molecule has 0 saturated heterocycles. The van der Waals surface area contributed by atoms with Crippen molar-refractivity contribution in [1.82, 2.24) is 0 Å². The minimum Gasteiger partial charge on any atom is -0.388 e. The van der Waals surface area contributed by atoms with Crippen molar-refractivity contribution in [3.8, 4) is 0 Å². The number of rotatable bonds is 3. The molecule has 20 heavy (non-hydrogen) atoms. The van der Waals surface area contributed by atoms with Crippen LogP contribution in [-0.2, 0) is 0 Å². The van der Waals surface area contributed by atoms with E-state index in [9.17, 15) is 9.18 Å². The van der Waals surface area contributed by atoms with Crippen molar-refractivity contribution < 1.29 is 9.18 Å². The molecule has 3 nitrogen and oxygen atoms in total. The van der Waals surface area contributed by atoms with Gasteiger partial charge < -0.3 is 10.6 Å². The molecule has 0 aromatic heterocycles. The summed E-state index contributed by atoms with van der Waals surface area (Å²) in [6.45, 7) is 1.84. The highest BCUT2D eigenvalue weighted by molar-refractivity contribution is 9.10. The number of halogens is 2. The van der Waals surface area contributed by atoms with E-state index in [1.165, 1.54) is 6.07 Å². The summed E-state index contributed by atoms with van der Waals surface area (Å²) in [6.07, 6.45) is 0. The lowest BCUT2D eigenvalue weighted by molar-refractivity contribution is 0.102. The van der Waals surface area contributed by atoms with Gasteiger partial charge in [-0.3, -0.25) is 4.79 Å². The topological polar surface area (TPSA) is 41.1 Å². The number of carbonyl (C=O) groups excluding carboxylic acids is 1. The van der Waals surface area contributed by atoms with Crippen molar-refractivity contribution in [2.24, 2.45) is 0 Å². The molecule has 0 aliphatic rings. The van der Waals surface area contributed by atoms with Crippen LogP contribution in [0.25, 0.3) is 0 Å². The van der Waals surface area contributed by atoms with E-state index in [2.05, 4.69) is 26.6 Å². The van der Waals surface area contributed by atoms with E-state index in [0.29, 0.717) is 10.0 Å². The second kappa shape index (κ2) is 6.05. The van der Waals surface area contributed by atoms with Crippen molar-refractivity contribution in [2.75, 3.05) is 17.7 Å². The monoisotopic (exact) mass is 336 g/mol. The second-order valence-electron chi connectivity index (χ2n) is 4.33. The standard InChI is InChI=1S/C15H14BrFN2O/c1-9-8-10(18-2)6-7-11(9)15(20)19-14-12(16)4-3-5-13(14)17/h3-8,18H,1-2H3,(H,19,20). The molecule has 0 unspecified atom stereocenters. The number of carbonyl (C=O) groups is 1. The zero-order valence-electron chi connectivity index (χ0n) is 11.1. The summed E-state index contributed by atoms with van der Waals surface area (Å²) in [4.78, 5) is 12.2. The summed E-state index contributed by atoms with van der Waals surface area (Å²) in [5, 5.41) is 5.59. The maximum absolute atomic E-state index is 13.7. The first-order chi connectivity index (χ1) is 9.52. The van der Waals surface area contributed by atoms with Crippen molar-refractivity contribution >= 4 is 33.2 Å². The normalized spacial score (nSPS) is 10.2. The van der Waals surface area contributed by atoms with Crippen LogP contribution in [0.1, 0.15) is 15.9 Å². The Morgan fingerprint density at radius 3 is 2.60 bits per heavy atom. The average Bonchev–Trinajstić information content (AvgIpc) is 2.42. The zero-order chi connectivity index (χ0) is 14.7. The number of amides is 1. The number of para-hydroxylation sites is 1. The molecular formula is C15H14BrFN2O. The minimum atomic E-state index is -0.475. The number of nitrogens with one attached hydrogen (secondary N) is 2. The van der Waals surface area contributed by atoms with Gasteiger partial charge in [-0.25, -0.2) is 4.39 Å². The molecule has 0 heterocycles. The summed E-state index contributed by atoms with van der Waals surface area (Å²) in [5.74, 6) is -0.812. The third-order valence-corrected chi connectivity index (χ3v) is 3.62. The summed E-state index contributed by atoms with van der Waals surface area (Å²) >= 11 is 3.22. The number of hydrogen-bond donors (Lipinski definition) is 2. The van der Waals surface area contributed by atoms with E-state index in [1.54, 1.807) is 24.3 Å². The Kier molecular flexibility index (Phi) is 4.39. The number of anilines is 2. The van der Waals surface area contributed by atoms with Gasteiger partial charge in [-0.1, -0.05) is 6.07 Å². The average molecular weight is 337 g/mol. The largest absolute Gasteiger partial charge is 0.388 e. The van der Waals surface area contributed by atoms with E-state index in [-0.39, 0.29) is 11.6 Å². The van der Waals surface area contributed by atoms with E-state index in [0.717, 1.165) is 11.3 Å². The fraction of sp³-hybridized carbons (Fsp3) is 0.133. The Bertz CT molecular complexity index is 638. The maximum Gasteiger partial charge on any atom is 0.256 e. The lowest BCUT2D eigenvalue weighted by atomic mass is 10.1. The summed E-state index contributed by atoms with van der Waals surface area (Å²) in [5.41, 5.74) is 2.40. The fourth-order valence-electron chi connectivity index (χ4n) is 1.87.